The van der Waals surface area contributed by atoms with E-state index in [4.69, 9.17) is 4.74 Å². The van der Waals surface area contributed by atoms with Crippen LogP contribution in [0.2, 0.25) is 0 Å². The van der Waals surface area contributed by atoms with E-state index in [1.807, 2.05) is 0 Å². The molecule has 0 radical (unpaired) electrons. The van der Waals surface area contributed by atoms with Crippen LogP contribution in [0.25, 0.3) is 0 Å². The predicted octanol–water partition coefficient (Wildman–Crippen LogP) is 2.18. The Balaban J connectivity index is 1.56. The van der Waals surface area contributed by atoms with Crippen molar-refractivity contribution in [1.29, 1.82) is 0 Å². The van der Waals surface area contributed by atoms with Crippen LogP contribution in [-0.4, -0.2) is 55.2 Å². The molecule has 1 N–H and O–H groups in total. The van der Waals surface area contributed by atoms with E-state index in [0.717, 1.165) is 18.9 Å². The van der Waals surface area contributed by atoms with Crippen molar-refractivity contribution in [2.45, 2.75) is 30.6 Å². The molecule has 1 aliphatic heterocycles. The molecule has 2 heterocycles. The minimum atomic E-state index is -4.88. The fourth-order valence-corrected chi connectivity index (χ4v) is 4.87. The lowest BCUT2D eigenvalue weighted by Gasteiger charge is -2.13. The van der Waals surface area contributed by atoms with Gasteiger partial charge < -0.3 is 19.4 Å². The molecule has 9 nitrogen and oxygen atoms in total. The van der Waals surface area contributed by atoms with Crippen LogP contribution >= 0.6 is 0 Å². The zero-order valence-corrected chi connectivity index (χ0v) is 18.4. The molecule has 1 aromatic carbocycles. The van der Waals surface area contributed by atoms with Crippen molar-refractivity contribution in [3.05, 3.63) is 47.8 Å². The number of hydrogen-bond acceptors (Lipinski definition) is 6. The zero-order chi connectivity index (χ0) is 24.2. The third-order valence-electron chi connectivity index (χ3n) is 4.90. The molecule has 3 rings (SSSR count). The second-order valence-corrected chi connectivity index (χ2v) is 9.23. The molecule has 0 bridgehead atoms. The molecular weight excluding hydrogens is 467 g/mol. The Labute approximate surface area is 188 Å². The average Bonchev–Trinajstić information content (AvgIpc) is 3.41. The van der Waals surface area contributed by atoms with Gasteiger partial charge in [-0.1, -0.05) is 18.2 Å². The van der Waals surface area contributed by atoms with Crippen molar-refractivity contribution >= 4 is 21.9 Å². The highest BCUT2D eigenvalue weighted by atomic mass is 32.2. The predicted molar refractivity (Wildman–Crippen MR) is 109 cm³/mol. The summed E-state index contributed by atoms with van der Waals surface area (Å²) in [5.74, 6) is -2.14. The Bertz CT molecular complexity index is 1120. The molecule has 1 fully saturated rings. The van der Waals surface area contributed by atoms with E-state index in [-0.39, 0.29) is 22.7 Å². The molecule has 33 heavy (non-hydrogen) atoms. The normalized spacial score (nSPS) is 14.8. The van der Waals surface area contributed by atoms with Gasteiger partial charge in [0, 0.05) is 38.4 Å². The number of alkyl halides is 3. The van der Waals surface area contributed by atoms with E-state index in [0.29, 0.717) is 13.1 Å². The number of aryl methyl sites for hydroxylation is 1. The molecule has 180 valence electrons. The van der Waals surface area contributed by atoms with Gasteiger partial charge in [0.15, 0.2) is 6.61 Å². The van der Waals surface area contributed by atoms with Gasteiger partial charge in [0.25, 0.3) is 5.91 Å². The van der Waals surface area contributed by atoms with Crippen LogP contribution < -0.4 is 10.1 Å². The summed E-state index contributed by atoms with van der Waals surface area (Å²) in [7, 11) is -2.26. The van der Waals surface area contributed by atoms with Gasteiger partial charge in [0.1, 0.15) is 16.3 Å². The zero-order valence-electron chi connectivity index (χ0n) is 17.6. The van der Waals surface area contributed by atoms with Gasteiger partial charge in [-0.2, -0.15) is 4.31 Å². The maximum absolute atomic E-state index is 12.6. The molecule has 0 aliphatic carbocycles. The van der Waals surface area contributed by atoms with Crippen molar-refractivity contribution in [2.24, 2.45) is 7.05 Å². The van der Waals surface area contributed by atoms with E-state index < -0.39 is 40.6 Å². The fourth-order valence-electron chi connectivity index (χ4n) is 3.28. The Kier molecular flexibility index (Phi) is 7.32. The number of halogens is 3. The van der Waals surface area contributed by atoms with Gasteiger partial charge >= 0.3 is 12.3 Å². The molecular formula is C20H22F3N3O6S. The first kappa shape index (κ1) is 24.6. The highest BCUT2D eigenvalue weighted by Gasteiger charge is 2.32. The maximum Gasteiger partial charge on any atom is 0.573 e. The number of rotatable bonds is 8. The Morgan fingerprint density at radius 1 is 1.15 bits per heavy atom. The number of nitrogens with zero attached hydrogens (tertiary/aromatic N) is 2. The molecule has 0 spiro atoms. The number of esters is 1. The SMILES string of the molecule is Cn1cc(S(=O)(=O)N2CCCC2)cc1C(=O)OCC(=O)NCc1ccccc1OC(F)(F)F. The summed E-state index contributed by atoms with van der Waals surface area (Å²) < 4.78 is 74.2. The van der Waals surface area contributed by atoms with E-state index in [1.165, 1.54) is 46.4 Å². The first-order chi connectivity index (χ1) is 15.5. The Morgan fingerprint density at radius 2 is 1.82 bits per heavy atom. The number of hydrogen-bond donors (Lipinski definition) is 1. The van der Waals surface area contributed by atoms with E-state index in [2.05, 4.69) is 10.1 Å². The number of para-hydroxylation sites is 1. The number of aromatic nitrogens is 1. The number of ether oxygens (including phenoxy) is 2. The molecule has 1 amide bonds. The lowest BCUT2D eigenvalue weighted by molar-refractivity contribution is -0.274. The number of nitrogens with one attached hydrogen (secondary N) is 1. The molecule has 1 aromatic heterocycles. The smallest absolute Gasteiger partial charge is 0.451 e. The van der Waals surface area contributed by atoms with Crippen molar-refractivity contribution in [2.75, 3.05) is 19.7 Å². The number of benzene rings is 1. The molecule has 0 atom stereocenters. The topological polar surface area (TPSA) is 107 Å². The van der Waals surface area contributed by atoms with Crippen LogP contribution in [0, 0.1) is 0 Å². The van der Waals surface area contributed by atoms with Crippen LogP contribution in [0.4, 0.5) is 13.2 Å². The molecule has 13 heteroatoms. The van der Waals surface area contributed by atoms with Crippen LogP contribution in [0.3, 0.4) is 0 Å². The third kappa shape index (κ3) is 6.26. The Hall–Kier alpha value is -3.06. The molecule has 1 aliphatic rings. The highest BCUT2D eigenvalue weighted by molar-refractivity contribution is 7.89. The third-order valence-corrected chi connectivity index (χ3v) is 6.76. The van der Waals surface area contributed by atoms with Gasteiger partial charge in [-0.3, -0.25) is 4.79 Å². The van der Waals surface area contributed by atoms with Crippen molar-refractivity contribution in [1.82, 2.24) is 14.2 Å². The molecule has 2 aromatic rings. The lowest BCUT2D eigenvalue weighted by atomic mass is 10.2. The second kappa shape index (κ2) is 9.83. The summed E-state index contributed by atoms with van der Waals surface area (Å²) in [6, 6.07) is 6.47. The maximum atomic E-state index is 12.6. The first-order valence-electron chi connectivity index (χ1n) is 9.91. The molecule has 0 saturated carbocycles. The van der Waals surface area contributed by atoms with Crippen LogP contribution in [0.15, 0.2) is 41.4 Å². The highest BCUT2D eigenvalue weighted by Crippen LogP contribution is 2.26. The molecule has 1 saturated heterocycles. The van der Waals surface area contributed by atoms with Crippen molar-refractivity contribution in [3.63, 3.8) is 0 Å². The van der Waals surface area contributed by atoms with E-state index >= 15 is 0 Å². The molecule has 0 unspecified atom stereocenters. The van der Waals surface area contributed by atoms with Crippen LogP contribution in [0.5, 0.6) is 5.75 Å². The van der Waals surface area contributed by atoms with Crippen molar-refractivity contribution < 1.29 is 40.7 Å². The minimum absolute atomic E-state index is 0.0513. The fraction of sp³-hybridized carbons (Fsp3) is 0.400. The summed E-state index contributed by atoms with van der Waals surface area (Å²) in [5, 5.41) is 2.34. The lowest BCUT2D eigenvalue weighted by Crippen LogP contribution is -2.29. The summed E-state index contributed by atoms with van der Waals surface area (Å²) in [5.41, 5.74) is 0.0122. The number of carbonyl (C=O) groups excluding carboxylic acids is 2. The van der Waals surface area contributed by atoms with E-state index in [1.54, 1.807) is 0 Å². The standard InChI is InChI=1S/C20H22F3N3O6S/c1-25-12-15(33(29,30)26-8-4-5-9-26)10-16(25)19(28)31-13-18(27)24-11-14-6-2-3-7-17(14)32-20(21,22)23/h2-3,6-7,10,12H,4-5,8-9,11,13H2,1H3,(H,24,27). The van der Waals surface area contributed by atoms with Gasteiger partial charge in [-0.05, 0) is 25.0 Å². The second-order valence-electron chi connectivity index (χ2n) is 7.29. The summed E-state index contributed by atoms with van der Waals surface area (Å²) in [6.07, 6.45) is -2.06. The van der Waals surface area contributed by atoms with Gasteiger partial charge in [0.2, 0.25) is 10.0 Å². The number of amides is 1. The average molecular weight is 489 g/mol. The number of carbonyl (C=O) groups is 2. The van der Waals surface area contributed by atoms with Gasteiger partial charge in [0.05, 0.1) is 0 Å². The van der Waals surface area contributed by atoms with Crippen LogP contribution in [0.1, 0.15) is 28.9 Å². The van der Waals surface area contributed by atoms with Crippen LogP contribution in [-0.2, 0) is 33.1 Å². The Morgan fingerprint density at radius 3 is 2.48 bits per heavy atom. The van der Waals surface area contributed by atoms with E-state index in [9.17, 15) is 31.2 Å². The monoisotopic (exact) mass is 489 g/mol. The first-order valence-corrected chi connectivity index (χ1v) is 11.4. The summed E-state index contributed by atoms with van der Waals surface area (Å²) >= 11 is 0. The van der Waals surface area contributed by atoms with Gasteiger partial charge in [-0.25, -0.2) is 13.2 Å². The summed E-state index contributed by atoms with van der Waals surface area (Å²) in [4.78, 5) is 24.3. The number of sulfonamides is 1. The quantitative estimate of drug-likeness (QED) is 0.570. The largest absolute Gasteiger partial charge is 0.573 e. The minimum Gasteiger partial charge on any atom is -0.451 e. The van der Waals surface area contributed by atoms with Crippen molar-refractivity contribution in [3.8, 4) is 5.75 Å². The summed E-state index contributed by atoms with van der Waals surface area (Å²) in [6.45, 7) is -0.172. The van der Waals surface area contributed by atoms with Gasteiger partial charge in [-0.15, -0.1) is 13.2 Å².